The van der Waals surface area contributed by atoms with Crippen LogP contribution in [0.2, 0.25) is 0 Å². The molecule has 0 bridgehead atoms. The number of carboxylic acid groups (broad SMARTS) is 1. The van der Waals surface area contributed by atoms with Gasteiger partial charge >= 0.3 is 5.97 Å². The third-order valence-corrected chi connectivity index (χ3v) is 6.89. The summed E-state index contributed by atoms with van der Waals surface area (Å²) in [6, 6.07) is 24.4. The van der Waals surface area contributed by atoms with Crippen LogP contribution in [0.25, 0.3) is 0 Å². The molecule has 0 spiro atoms. The number of hydrogen-bond donors (Lipinski definition) is 3. The molecule has 0 saturated carbocycles. The second-order valence-electron chi connectivity index (χ2n) is 9.01. The Bertz CT molecular complexity index is 1220. The van der Waals surface area contributed by atoms with Gasteiger partial charge in [0, 0.05) is 18.3 Å². The van der Waals surface area contributed by atoms with E-state index in [9.17, 15) is 15.2 Å². The first-order valence-corrected chi connectivity index (χ1v) is 12.0. The minimum Gasteiger partial charge on any atom is -0.496 e. The van der Waals surface area contributed by atoms with Gasteiger partial charge in [0.05, 0.1) is 24.7 Å². The van der Waals surface area contributed by atoms with Crippen LogP contribution in [0, 0.1) is 17.2 Å². The molecule has 180 valence electrons. The van der Waals surface area contributed by atoms with Crippen molar-refractivity contribution >= 4 is 11.7 Å². The Morgan fingerprint density at radius 1 is 1.17 bits per heavy atom. The van der Waals surface area contributed by atoms with E-state index in [4.69, 9.17) is 4.74 Å². The molecule has 0 aliphatic carbocycles. The van der Waals surface area contributed by atoms with Gasteiger partial charge in [-0.15, -0.1) is 0 Å². The van der Waals surface area contributed by atoms with Gasteiger partial charge in [0.25, 0.3) is 0 Å². The zero-order chi connectivity index (χ0) is 24.8. The Morgan fingerprint density at radius 3 is 2.69 bits per heavy atom. The molecular weight excluding hydrogens is 438 g/mol. The van der Waals surface area contributed by atoms with Gasteiger partial charge in [-0.3, -0.25) is 4.79 Å². The predicted octanol–water partition coefficient (Wildman–Crippen LogP) is 4.91. The van der Waals surface area contributed by atoms with Gasteiger partial charge in [-0.1, -0.05) is 48.5 Å². The summed E-state index contributed by atoms with van der Waals surface area (Å²) >= 11 is 0. The van der Waals surface area contributed by atoms with Crippen LogP contribution in [-0.4, -0.2) is 31.3 Å². The van der Waals surface area contributed by atoms with E-state index in [1.807, 2.05) is 42.5 Å². The molecule has 0 fully saturated rings. The number of methoxy groups -OCH3 is 1. The Hall–Kier alpha value is -3.82. The first-order valence-electron chi connectivity index (χ1n) is 12.0. The summed E-state index contributed by atoms with van der Waals surface area (Å²) < 4.78 is 5.58. The number of benzene rings is 3. The number of fused-ring (bicyclic) bond motifs is 1. The maximum atomic E-state index is 11.4. The van der Waals surface area contributed by atoms with E-state index in [2.05, 4.69) is 41.0 Å². The van der Waals surface area contributed by atoms with Crippen molar-refractivity contribution < 1.29 is 14.6 Å². The molecule has 3 atom stereocenters. The lowest BCUT2D eigenvalue weighted by atomic mass is 9.83. The molecule has 3 aromatic carbocycles. The number of ether oxygens (including phenoxy) is 1. The van der Waals surface area contributed by atoms with Gasteiger partial charge < -0.3 is 20.5 Å². The Morgan fingerprint density at radius 2 is 1.97 bits per heavy atom. The predicted molar refractivity (Wildman–Crippen MR) is 137 cm³/mol. The summed E-state index contributed by atoms with van der Waals surface area (Å²) in [5.74, 6) is -0.450. The lowest BCUT2D eigenvalue weighted by molar-refractivity contribution is -0.138. The zero-order valence-corrected chi connectivity index (χ0v) is 20.1. The topological polar surface area (TPSA) is 94.4 Å². The highest BCUT2D eigenvalue weighted by Crippen LogP contribution is 2.34. The number of aliphatic carboxylic acids is 1. The van der Waals surface area contributed by atoms with Crippen LogP contribution in [0.1, 0.15) is 46.7 Å². The molecule has 1 aliphatic heterocycles. The highest BCUT2D eigenvalue weighted by Gasteiger charge is 2.28. The van der Waals surface area contributed by atoms with E-state index >= 15 is 0 Å². The molecule has 3 N–H and O–H groups in total. The number of carbonyl (C=O) groups is 1. The van der Waals surface area contributed by atoms with Gasteiger partial charge in [-0.2, -0.15) is 5.26 Å². The fourth-order valence-electron chi connectivity index (χ4n) is 4.85. The fourth-order valence-corrected chi connectivity index (χ4v) is 4.85. The number of nitrogens with zero attached hydrogens (tertiary/aromatic N) is 1. The molecule has 0 saturated heterocycles. The van der Waals surface area contributed by atoms with Crippen LogP contribution < -0.4 is 15.4 Å². The van der Waals surface area contributed by atoms with Gasteiger partial charge in [0.15, 0.2) is 0 Å². The molecule has 6 nitrogen and oxygen atoms in total. The maximum absolute atomic E-state index is 11.4. The van der Waals surface area contributed by atoms with Crippen molar-refractivity contribution in [1.29, 1.82) is 5.26 Å². The van der Waals surface area contributed by atoms with E-state index in [0.29, 0.717) is 5.75 Å². The highest BCUT2D eigenvalue weighted by molar-refractivity contribution is 5.75. The van der Waals surface area contributed by atoms with E-state index in [1.165, 1.54) is 5.56 Å². The number of hydrogen-bond acceptors (Lipinski definition) is 5. The molecule has 0 amide bonds. The number of nitriles is 1. The molecule has 35 heavy (non-hydrogen) atoms. The minimum atomic E-state index is -0.852. The van der Waals surface area contributed by atoms with Gasteiger partial charge in [0.2, 0.25) is 0 Å². The third kappa shape index (κ3) is 5.47. The van der Waals surface area contributed by atoms with E-state index in [-0.39, 0.29) is 12.0 Å². The van der Waals surface area contributed by atoms with Gasteiger partial charge in [-0.25, -0.2) is 0 Å². The summed E-state index contributed by atoms with van der Waals surface area (Å²) in [7, 11) is 1.62. The van der Waals surface area contributed by atoms with Crippen molar-refractivity contribution in [1.82, 2.24) is 5.32 Å². The monoisotopic (exact) mass is 469 g/mol. The summed E-state index contributed by atoms with van der Waals surface area (Å²) in [5.41, 5.74) is 5.84. The van der Waals surface area contributed by atoms with E-state index in [1.54, 1.807) is 14.0 Å². The lowest BCUT2D eigenvalue weighted by Crippen LogP contribution is -2.37. The summed E-state index contributed by atoms with van der Waals surface area (Å²) in [6.07, 6.45) is 1.57. The Labute approximate surface area is 206 Å². The molecular formula is C29H31N3O3. The first-order chi connectivity index (χ1) is 17.0. The van der Waals surface area contributed by atoms with Crippen molar-refractivity contribution in [3.8, 4) is 11.8 Å². The molecule has 0 aromatic heterocycles. The van der Waals surface area contributed by atoms with E-state index < -0.39 is 11.9 Å². The van der Waals surface area contributed by atoms with Crippen molar-refractivity contribution in [2.45, 2.75) is 31.7 Å². The average molecular weight is 470 g/mol. The largest absolute Gasteiger partial charge is 0.496 e. The second-order valence-corrected chi connectivity index (χ2v) is 9.01. The SMILES string of the molecule is COc1cc([C@H](C)C(=O)O)ccc1CCN[C@H](c1ccccc1)[C@H]1CNc2cccc(C#N)c2C1. The number of rotatable bonds is 9. The normalized spacial score (nSPS) is 16.3. The molecule has 1 heterocycles. The smallest absolute Gasteiger partial charge is 0.310 e. The summed E-state index contributed by atoms with van der Waals surface area (Å²) in [4.78, 5) is 11.4. The van der Waals surface area contributed by atoms with Crippen molar-refractivity contribution in [3.05, 3.63) is 94.5 Å². The summed E-state index contributed by atoms with van der Waals surface area (Å²) in [6.45, 7) is 3.23. The molecule has 0 radical (unpaired) electrons. The van der Waals surface area contributed by atoms with Crippen molar-refractivity contribution in [2.75, 3.05) is 25.5 Å². The lowest BCUT2D eigenvalue weighted by Gasteiger charge is -2.34. The highest BCUT2D eigenvalue weighted by atomic mass is 16.5. The second kappa shape index (κ2) is 11.1. The minimum absolute atomic E-state index is 0.112. The fraction of sp³-hybridized carbons (Fsp3) is 0.310. The van der Waals surface area contributed by atoms with Crippen LogP contribution >= 0.6 is 0 Å². The average Bonchev–Trinajstić information content (AvgIpc) is 2.90. The first kappa shape index (κ1) is 24.3. The number of anilines is 1. The van der Waals surface area contributed by atoms with Crippen LogP contribution in [0.5, 0.6) is 5.75 Å². The van der Waals surface area contributed by atoms with Gasteiger partial charge in [-0.05, 0) is 72.7 Å². The third-order valence-electron chi connectivity index (χ3n) is 6.89. The van der Waals surface area contributed by atoms with Crippen molar-refractivity contribution in [3.63, 3.8) is 0 Å². The van der Waals surface area contributed by atoms with Gasteiger partial charge in [0.1, 0.15) is 5.75 Å². The Balaban J connectivity index is 1.51. The number of carboxylic acids is 1. The number of nitrogens with one attached hydrogen (secondary N) is 2. The summed E-state index contributed by atoms with van der Waals surface area (Å²) in [5, 5.41) is 26.2. The van der Waals surface area contributed by atoms with Crippen molar-refractivity contribution in [2.24, 2.45) is 5.92 Å². The Kier molecular flexibility index (Phi) is 7.69. The van der Waals surface area contributed by atoms with Crippen LogP contribution in [0.15, 0.2) is 66.7 Å². The van der Waals surface area contributed by atoms with E-state index in [0.717, 1.165) is 53.9 Å². The molecule has 6 heteroatoms. The van der Waals surface area contributed by atoms with Crippen LogP contribution in [0.3, 0.4) is 0 Å². The molecule has 1 aliphatic rings. The molecule has 0 unspecified atom stereocenters. The maximum Gasteiger partial charge on any atom is 0.310 e. The zero-order valence-electron chi connectivity index (χ0n) is 20.1. The van der Waals surface area contributed by atoms with Crippen LogP contribution in [-0.2, 0) is 17.6 Å². The molecule has 4 rings (SSSR count). The molecule has 3 aromatic rings. The van der Waals surface area contributed by atoms with Crippen LogP contribution in [0.4, 0.5) is 5.69 Å². The standard InChI is InChI=1S/C29H31N3O3/c1-19(29(33)34)22-12-11-20(27(16-22)35-2)13-14-31-28(21-7-4-3-5-8-21)24-15-25-23(17-30)9-6-10-26(25)32-18-24/h3-12,16,19,24,28,31-32H,13-15,18H2,1-2H3,(H,33,34)/t19-,24+,28+/m0/s1. The quantitative estimate of drug-likeness (QED) is 0.412.